The van der Waals surface area contributed by atoms with Crippen molar-refractivity contribution < 1.29 is 18.8 Å². The molecule has 1 amide bonds. The average Bonchev–Trinajstić information content (AvgIpc) is 2.66. The summed E-state index contributed by atoms with van der Waals surface area (Å²) in [5.74, 6) is 0.591. The lowest BCUT2D eigenvalue weighted by Gasteiger charge is -2.15. The number of aliphatic hydroxyl groups is 1. The van der Waals surface area contributed by atoms with E-state index in [0.29, 0.717) is 16.4 Å². The first kappa shape index (κ1) is 24.2. The Hall–Kier alpha value is -2.85. The lowest BCUT2D eigenvalue weighted by Crippen LogP contribution is -2.31. The van der Waals surface area contributed by atoms with Crippen LogP contribution in [0.5, 0.6) is 0 Å². The molecule has 0 aliphatic carbocycles. The summed E-state index contributed by atoms with van der Waals surface area (Å²) in [6.45, 7) is 9.07. The van der Waals surface area contributed by atoms with Gasteiger partial charge in [0.1, 0.15) is 5.82 Å². The molecule has 160 valence electrons. The maximum atomic E-state index is 12.6. The van der Waals surface area contributed by atoms with Crippen LogP contribution in [0.2, 0.25) is 0 Å². The minimum Gasteiger partial charge on any atom is -0.448 e. The SMILES string of the molecule is C=C/C(C)=C(\N=C(N)Nc1ccc(S(C)(=O)=NC(=O)OCC)cc1)N[C@H](C)CO. The monoisotopic (exact) mass is 423 g/mol. The van der Waals surface area contributed by atoms with E-state index in [4.69, 9.17) is 10.5 Å². The second kappa shape index (κ2) is 11.2. The van der Waals surface area contributed by atoms with Gasteiger partial charge in [-0.05, 0) is 50.6 Å². The van der Waals surface area contributed by atoms with Gasteiger partial charge in [-0.1, -0.05) is 12.7 Å². The number of amides is 1. The number of anilines is 1. The first-order valence-corrected chi connectivity index (χ1v) is 10.9. The molecule has 0 aromatic heterocycles. The maximum Gasteiger partial charge on any atom is 0.442 e. The molecule has 0 bridgehead atoms. The van der Waals surface area contributed by atoms with E-state index in [-0.39, 0.29) is 25.2 Å². The summed E-state index contributed by atoms with van der Waals surface area (Å²) in [5, 5.41) is 15.2. The highest BCUT2D eigenvalue weighted by molar-refractivity contribution is 7.93. The van der Waals surface area contributed by atoms with E-state index < -0.39 is 15.8 Å². The van der Waals surface area contributed by atoms with Crippen LogP contribution in [0, 0.1) is 0 Å². The lowest BCUT2D eigenvalue weighted by molar-refractivity contribution is 0.164. The van der Waals surface area contributed by atoms with E-state index in [1.165, 1.54) is 6.26 Å². The number of carbonyl (C=O) groups excluding carboxylic acids is 1. The number of carbonyl (C=O) groups is 1. The molecule has 1 unspecified atom stereocenters. The second-order valence-corrected chi connectivity index (χ2v) is 8.46. The number of hydrogen-bond donors (Lipinski definition) is 4. The summed E-state index contributed by atoms with van der Waals surface area (Å²) in [7, 11) is -2.92. The molecule has 10 heteroatoms. The number of nitrogens with zero attached hydrogens (tertiary/aromatic N) is 2. The van der Waals surface area contributed by atoms with Crippen molar-refractivity contribution in [3.63, 3.8) is 0 Å². The fraction of sp³-hybridized carbons (Fsp3) is 0.368. The Morgan fingerprint density at radius 2 is 2.03 bits per heavy atom. The fourth-order valence-corrected chi connectivity index (χ4v) is 3.13. The Morgan fingerprint density at radius 3 is 2.55 bits per heavy atom. The molecule has 1 aromatic rings. The van der Waals surface area contributed by atoms with Crippen LogP contribution in [0.15, 0.2) is 62.6 Å². The summed E-state index contributed by atoms with van der Waals surface area (Å²) >= 11 is 0. The molecular weight excluding hydrogens is 394 g/mol. The molecule has 9 nitrogen and oxygen atoms in total. The van der Waals surface area contributed by atoms with Gasteiger partial charge in [0.05, 0.1) is 22.9 Å². The normalized spacial score (nSPS) is 15.4. The summed E-state index contributed by atoms with van der Waals surface area (Å²) in [4.78, 5) is 16.2. The maximum absolute atomic E-state index is 12.6. The predicted octanol–water partition coefficient (Wildman–Crippen LogP) is 2.41. The Bertz CT molecular complexity index is 900. The number of ether oxygens (including phenoxy) is 1. The van der Waals surface area contributed by atoms with Crippen LogP contribution < -0.4 is 16.4 Å². The zero-order valence-electron chi connectivity index (χ0n) is 17.1. The second-order valence-electron chi connectivity index (χ2n) is 6.20. The van der Waals surface area contributed by atoms with Crippen molar-refractivity contribution in [3.8, 4) is 0 Å². The smallest absolute Gasteiger partial charge is 0.442 e. The van der Waals surface area contributed by atoms with Crippen molar-refractivity contribution in [1.82, 2.24) is 5.32 Å². The molecule has 0 heterocycles. The molecule has 0 radical (unpaired) electrons. The van der Waals surface area contributed by atoms with Crippen LogP contribution in [-0.2, 0) is 14.5 Å². The molecule has 1 aromatic carbocycles. The standard InChI is InChI=1S/C19H29N5O4S/c1-6-13(3)17(21-14(4)12-25)23-18(20)22-15-8-10-16(11-9-15)29(5,27)24-19(26)28-7-2/h6,8-11,14,21,25H,1,7,12H2,2-5H3,(H3,20,22,23)/b17-13-/t14-,29?/m1/s1. The number of guanidine groups is 1. The summed E-state index contributed by atoms with van der Waals surface area (Å²) in [6, 6.07) is 6.25. The van der Waals surface area contributed by atoms with Gasteiger partial charge in [-0.2, -0.15) is 4.99 Å². The van der Waals surface area contributed by atoms with Crippen LogP contribution in [0.3, 0.4) is 0 Å². The number of rotatable bonds is 8. The molecule has 0 spiro atoms. The molecule has 2 atom stereocenters. The van der Waals surface area contributed by atoms with Gasteiger partial charge < -0.3 is 26.2 Å². The molecule has 5 N–H and O–H groups in total. The Labute approximate surface area is 171 Å². The van der Waals surface area contributed by atoms with Crippen molar-refractivity contribution in [2.45, 2.75) is 31.7 Å². The quantitative estimate of drug-likeness (QED) is 0.286. The van der Waals surface area contributed by atoms with Crippen molar-refractivity contribution in [3.05, 3.63) is 48.3 Å². The van der Waals surface area contributed by atoms with E-state index in [1.54, 1.807) is 44.2 Å². The van der Waals surface area contributed by atoms with Gasteiger partial charge in [-0.25, -0.2) is 9.00 Å². The minimum atomic E-state index is -2.92. The first-order chi connectivity index (χ1) is 13.6. The molecular formula is C19H29N5O4S. The van der Waals surface area contributed by atoms with E-state index >= 15 is 0 Å². The van der Waals surface area contributed by atoms with Gasteiger partial charge in [0.25, 0.3) is 0 Å². The molecule has 29 heavy (non-hydrogen) atoms. The van der Waals surface area contributed by atoms with E-state index in [2.05, 4.69) is 26.6 Å². The number of nitrogens with one attached hydrogen (secondary N) is 2. The number of hydrogen-bond acceptors (Lipinski definition) is 6. The molecule has 0 saturated heterocycles. The highest BCUT2D eigenvalue weighted by Gasteiger charge is 2.11. The average molecular weight is 424 g/mol. The lowest BCUT2D eigenvalue weighted by atomic mass is 10.2. The Kier molecular flexibility index (Phi) is 9.36. The van der Waals surface area contributed by atoms with Crippen molar-refractivity contribution in [2.24, 2.45) is 15.1 Å². The highest BCUT2D eigenvalue weighted by atomic mass is 32.2. The van der Waals surface area contributed by atoms with Crippen molar-refractivity contribution >= 4 is 27.5 Å². The zero-order chi connectivity index (χ0) is 22.0. The van der Waals surface area contributed by atoms with Gasteiger partial charge >= 0.3 is 6.09 Å². The van der Waals surface area contributed by atoms with Crippen LogP contribution in [0.4, 0.5) is 10.5 Å². The third-order valence-electron chi connectivity index (χ3n) is 3.65. The van der Waals surface area contributed by atoms with Gasteiger partial charge in [-0.15, -0.1) is 4.36 Å². The molecule has 0 aliphatic rings. The summed E-state index contributed by atoms with van der Waals surface area (Å²) in [5.41, 5.74) is 7.34. The van der Waals surface area contributed by atoms with Crippen molar-refractivity contribution in [1.29, 1.82) is 0 Å². The molecule has 1 rings (SSSR count). The molecule has 0 aliphatic heterocycles. The topological polar surface area (TPSA) is 138 Å². The van der Waals surface area contributed by atoms with E-state index in [1.807, 2.05) is 6.92 Å². The molecule has 0 fully saturated rings. The van der Waals surface area contributed by atoms with Crippen LogP contribution in [-0.4, -0.2) is 46.9 Å². The third kappa shape index (κ3) is 7.96. The first-order valence-electron chi connectivity index (χ1n) is 8.93. The van der Waals surface area contributed by atoms with Crippen LogP contribution >= 0.6 is 0 Å². The number of nitrogens with two attached hydrogens (primary N) is 1. The van der Waals surface area contributed by atoms with Gasteiger partial charge in [-0.3, -0.25) is 0 Å². The van der Waals surface area contributed by atoms with E-state index in [9.17, 15) is 14.1 Å². The highest BCUT2D eigenvalue weighted by Crippen LogP contribution is 2.16. The third-order valence-corrected chi connectivity index (χ3v) is 5.29. The number of aliphatic imine (C=N–C) groups is 1. The summed E-state index contributed by atoms with van der Waals surface area (Å²) < 4.78 is 20.9. The Morgan fingerprint density at radius 1 is 1.41 bits per heavy atom. The molecule has 0 saturated carbocycles. The zero-order valence-corrected chi connectivity index (χ0v) is 18.0. The number of aliphatic hydroxyl groups excluding tert-OH is 1. The summed E-state index contributed by atoms with van der Waals surface area (Å²) in [6.07, 6.45) is 2.13. The largest absolute Gasteiger partial charge is 0.448 e. The van der Waals surface area contributed by atoms with Crippen LogP contribution in [0.25, 0.3) is 0 Å². The minimum absolute atomic E-state index is 0.0641. The van der Waals surface area contributed by atoms with Crippen molar-refractivity contribution in [2.75, 3.05) is 24.8 Å². The van der Waals surface area contributed by atoms with Gasteiger partial charge in [0.2, 0.25) is 0 Å². The Balaban J connectivity index is 3.02. The van der Waals surface area contributed by atoms with Crippen LogP contribution in [0.1, 0.15) is 20.8 Å². The van der Waals surface area contributed by atoms with Gasteiger partial charge in [0.15, 0.2) is 5.96 Å². The number of allylic oxidation sites excluding steroid dienone is 2. The number of benzene rings is 1. The van der Waals surface area contributed by atoms with E-state index in [0.717, 1.165) is 5.57 Å². The van der Waals surface area contributed by atoms with Gasteiger partial charge in [0, 0.05) is 22.9 Å². The predicted molar refractivity (Wildman–Crippen MR) is 116 cm³/mol. The fourth-order valence-electron chi connectivity index (χ4n) is 2.04.